The highest BCUT2D eigenvalue weighted by molar-refractivity contribution is 5.73. The fraction of sp³-hybridized carbons (Fsp3) is 0.727. The van der Waals surface area contributed by atoms with E-state index in [1.54, 1.807) is 0 Å². The van der Waals surface area contributed by atoms with Gasteiger partial charge in [0.2, 0.25) is 0 Å². The normalized spacial score (nSPS) is 31.9. The number of hydrogen-bond donors (Lipinski definition) is 0. The second-order valence-electron chi connectivity index (χ2n) is 8.12. The van der Waals surface area contributed by atoms with Crippen LogP contribution in [-0.4, -0.2) is 25.7 Å². The monoisotopic (exact) mass is 362 g/mol. The van der Waals surface area contributed by atoms with Crippen molar-refractivity contribution in [1.29, 1.82) is 0 Å². The lowest BCUT2D eigenvalue weighted by Crippen LogP contribution is -2.44. The van der Waals surface area contributed by atoms with Crippen molar-refractivity contribution in [3.05, 3.63) is 23.8 Å². The smallest absolute Gasteiger partial charge is 0.308 e. The molecule has 0 radical (unpaired) electrons. The molecule has 0 bridgehead atoms. The number of hydrogen-bond acceptors (Lipinski definition) is 4. The van der Waals surface area contributed by atoms with Crippen LogP contribution < -0.4 is 0 Å². The van der Waals surface area contributed by atoms with Gasteiger partial charge in [0.05, 0.1) is 13.0 Å². The first-order valence-electron chi connectivity index (χ1n) is 9.89. The van der Waals surface area contributed by atoms with Crippen LogP contribution in [0.1, 0.15) is 59.3 Å². The topological polar surface area (TPSA) is 52.6 Å². The Hall–Kier alpha value is -1.58. The number of rotatable bonds is 6. The Morgan fingerprint density at radius 1 is 1.23 bits per heavy atom. The molecule has 0 spiro atoms. The van der Waals surface area contributed by atoms with E-state index < -0.39 is 0 Å². The van der Waals surface area contributed by atoms with Crippen molar-refractivity contribution in [2.45, 2.75) is 59.3 Å². The minimum atomic E-state index is -0.248. The van der Waals surface area contributed by atoms with E-state index in [4.69, 9.17) is 9.47 Å². The van der Waals surface area contributed by atoms with Crippen LogP contribution in [0.3, 0.4) is 0 Å². The Morgan fingerprint density at radius 2 is 1.96 bits per heavy atom. The summed E-state index contributed by atoms with van der Waals surface area (Å²) in [5, 5.41) is 0. The Balaban J connectivity index is 2.05. The van der Waals surface area contributed by atoms with Crippen molar-refractivity contribution in [2.24, 2.45) is 29.6 Å². The second kappa shape index (κ2) is 9.38. The molecule has 0 aromatic heterocycles. The van der Waals surface area contributed by atoms with Crippen LogP contribution in [0.4, 0.5) is 0 Å². The highest BCUT2D eigenvalue weighted by Crippen LogP contribution is 2.52. The highest BCUT2D eigenvalue weighted by Gasteiger charge is 2.47. The van der Waals surface area contributed by atoms with Gasteiger partial charge in [-0.25, -0.2) is 0 Å². The molecule has 146 valence electrons. The van der Waals surface area contributed by atoms with Crippen molar-refractivity contribution >= 4 is 11.9 Å². The molecule has 0 aliphatic heterocycles. The number of ether oxygens (including phenoxy) is 2. The van der Waals surface area contributed by atoms with Gasteiger partial charge in [0.1, 0.15) is 6.61 Å². The molecule has 2 rings (SSSR count). The molecule has 0 amide bonds. The largest absolute Gasteiger partial charge is 0.469 e. The van der Waals surface area contributed by atoms with Crippen LogP contribution in [-0.2, 0) is 19.1 Å². The molecule has 0 heterocycles. The SMILES string of the molecule is C=C1CCC2C([C@@H](C)CC[C@@H]2C(=O)OC)[C@H]1CC/C(C)=C/COC(C)=O. The molecule has 0 N–H and O–H groups in total. The van der Waals surface area contributed by atoms with Crippen LogP contribution >= 0.6 is 0 Å². The first-order valence-corrected chi connectivity index (χ1v) is 9.89. The van der Waals surface area contributed by atoms with E-state index in [0.29, 0.717) is 30.3 Å². The lowest BCUT2D eigenvalue weighted by molar-refractivity contribution is -0.152. The van der Waals surface area contributed by atoms with Crippen LogP contribution in [0.25, 0.3) is 0 Å². The van der Waals surface area contributed by atoms with Crippen LogP contribution in [0.2, 0.25) is 0 Å². The number of methoxy groups -OCH3 is 1. The van der Waals surface area contributed by atoms with Gasteiger partial charge in [0.15, 0.2) is 0 Å². The van der Waals surface area contributed by atoms with Gasteiger partial charge >= 0.3 is 11.9 Å². The summed E-state index contributed by atoms with van der Waals surface area (Å²) < 4.78 is 10.1. The molecular weight excluding hydrogens is 328 g/mol. The average Bonchev–Trinajstić information content (AvgIpc) is 2.60. The zero-order valence-corrected chi connectivity index (χ0v) is 16.8. The summed E-state index contributed by atoms with van der Waals surface area (Å²) in [6.45, 7) is 10.6. The Morgan fingerprint density at radius 3 is 2.62 bits per heavy atom. The van der Waals surface area contributed by atoms with Crippen molar-refractivity contribution in [1.82, 2.24) is 0 Å². The first-order chi connectivity index (χ1) is 12.3. The lowest BCUT2D eigenvalue weighted by atomic mass is 9.56. The lowest BCUT2D eigenvalue weighted by Gasteiger charge is -2.49. The third kappa shape index (κ3) is 4.99. The molecule has 2 unspecified atom stereocenters. The van der Waals surface area contributed by atoms with Gasteiger partial charge in [-0.15, -0.1) is 0 Å². The molecular formula is C22H34O4. The van der Waals surface area contributed by atoms with Gasteiger partial charge in [0, 0.05) is 6.92 Å². The van der Waals surface area contributed by atoms with Gasteiger partial charge in [-0.2, -0.15) is 0 Å². The van der Waals surface area contributed by atoms with Gasteiger partial charge in [0.25, 0.3) is 0 Å². The van der Waals surface area contributed by atoms with Crippen LogP contribution in [0.5, 0.6) is 0 Å². The summed E-state index contributed by atoms with van der Waals surface area (Å²) >= 11 is 0. The summed E-state index contributed by atoms with van der Waals surface area (Å²) in [7, 11) is 1.51. The fourth-order valence-electron chi connectivity index (χ4n) is 5.06. The van der Waals surface area contributed by atoms with Crippen molar-refractivity contribution < 1.29 is 19.1 Å². The van der Waals surface area contributed by atoms with Crippen molar-refractivity contribution in [2.75, 3.05) is 13.7 Å². The quantitative estimate of drug-likeness (QED) is 0.508. The molecule has 26 heavy (non-hydrogen) atoms. The molecule has 0 saturated heterocycles. The van der Waals surface area contributed by atoms with Gasteiger partial charge in [-0.05, 0) is 75.2 Å². The Kier molecular flexibility index (Phi) is 7.48. The van der Waals surface area contributed by atoms with Crippen molar-refractivity contribution in [3.63, 3.8) is 0 Å². The summed E-state index contributed by atoms with van der Waals surface area (Å²) in [6.07, 6.45) is 8.14. The fourth-order valence-corrected chi connectivity index (χ4v) is 5.06. The maximum absolute atomic E-state index is 12.3. The number of esters is 2. The van der Waals surface area contributed by atoms with E-state index in [9.17, 15) is 9.59 Å². The predicted molar refractivity (Wildman–Crippen MR) is 102 cm³/mol. The minimum Gasteiger partial charge on any atom is -0.469 e. The zero-order valence-electron chi connectivity index (χ0n) is 16.8. The minimum absolute atomic E-state index is 0.0318. The Bertz CT molecular complexity index is 562. The van der Waals surface area contributed by atoms with Gasteiger partial charge in [-0.3, -0.25) is 9.59 Å². The molecule has 4 nitrogen and oxygen atoms in total. The maximum atomic E-state index is 12.3. The van der Waals surface area contributed by atoms with E-state index >= 15 is 0 Å². The molecule has 2 aliphatic rings. The number of carbonyl (C=O) groups is 2. The van der Waals surface area contributed by atoms with E-state index in [1.807, 2.05) is 6.08 Å². The average molecular weight is 363 g/mol. The predicted octanol–water partition coefficient (Wildman–Crippen LogP) is 4.69. The highest BCUT2D eigenvalue weighted by atomic mass is 16.5. The Labute approximate surface area is 158 Å². The zero-order chi connectivity index (χ0) is 19.3. The van der Waals surface area contributed by atoms with Gasteiger partial charge in [-0.1, -0.05) is 24.6 Å². The molecule has 4 heteroatoms. The summed E-state index contributed by atoms with van der Waals surface area (Å²) in [6, 6.07) is 0. The molecule has 2 fully saturated rings. The summed E-state index contributed by atoms with van der Waals surface area (Å²) in [5.74, 6) is 1.81. The molecule has 2 aliphatic carbocycles. The maximum Gasteiger partial charge on any atom is 0.308 e. The standard InChI is InChI=1S/C22H34O4/c1-14(12-13-26-17(4)23)6-9-18-15(2)7-10-19-20(22(24)25-5)11-8-16(3)21(18)19/h12,16,18-21H,2,6-11,13H2,1,3-5H3/b14-12+/t16-,18-,19?,20-,21?/m0/s1. The van der Waals surface area contributed by atoms with E-state index in [1.165, 1.54) is 25.2 Å². The molecule has 0 aromatic rings. The molecule has 0 aromatic carbocycles. The van der Waals surface area contributed by atoms with Crippen LogP contribution in [0.15, 0.2) is 23.8 Å². The second-order valence-corrected chi connectivity index (χ2v) is 8.12. The van der Waals surface area contributed by atoms with E-state index in [-0.39, 0.29) is 17.9 Å². The van der Waals surface area contributed by atoms with E-state index in [0.717, 1.165) is 38.5 Å². The summed E-state index contributed by atoms with van der Waals surface area (Å²) in [5.41, 5.74) is 2.59. The van der Waals surface area contributed by atoms with Crippen LogP contribution in [0, 0.1) is 29.6 Å². The molecule has 2 saturated carbocycles. The van der Waals surface area contributed by atoms with Crippen molar-refractivity contribution in [3.8, 4) is 0 Å². The third-order valence-corrected chi connectivity index (χ3v) is 6.46. The number of fused-ring (bicyclic) bond motifs is 1. The first kappa shape index (κ1) is 20.7. The van der Waals surface area contributed by atoms with E-state index in [2.05, 4.69) is 20.4 Å². The van der Waals surface area contributed by atoms with Gasteiger partial charge < -0.3 is 9.47 Å². The number of allylic oxidation sites excluding steroid dienone is 2. The molecule has 5 atom stereocenters. The number of carbonyl (C=O) groups excluding carboxylic acids is 2. The summed E-state index contributed by atoms with van der Waals surface area (Å²) in [4.78, 5) is 23.1. The third-order valence-electron chi connectivity index (χ3n) is 6.46.